The molecule has 46 heavy (non-hydrogen) atoms. The highest BCUT2D eigenvalue weighted by Gasteiger charge is 2.64. The number of carbonyl (C=O) groups is 1. The van der Waals surface area contributed by atoms with Crippen molar-refractivity contribution >= 4 is 5.97 Å². The van der Waals surface area contributed by atoms with Crippen molar-refractivity contribution in [1.29, 1.82) is 0 Å². The molecule has 0 aromatic carbocycles. The Labute approximate surface area is 271 Å². The largest absolute Gasteiger partial charge is 0.458 e. The van der Waals surface area contributed by atoms with E-state index in [4.69, 9.17) is 18.9 Å². The summed E-state index contributed by atoms with van der Waals surface area (Å²) in [5.74, 6) is 0.911. The van der Waals surface area contributed by atoms with Crippen LogP contribution in [-0.4, -0.2) is 112 Å². The fourth-order valence-electron chi connectivity index (χ4n) is 10.8. The molecule has 6 aliphatic rings. The first-order chi connectivity index (χ1) is 21.8. The molecule has 11 nitrogen and oxygen atoms in total. The van der Waals surface area contributed by atoms with Crippen LogP contribution in [0.5, 0.6) is 0 Å². The molecule has 2 heterocycles. The highest BCUT2D eigenvalue weighted by atomic mass is 16.7. The fourth-order valence-corrected chi connectivity index (χ4v) is 10.8. The van der Waals surface area contributed by atoms with Crippen molar-refractivity contribution < 1.29 is 54.4 Å². The Kier molecular flexibility index (Phi) is 9.59. The Morgan fingerprint density at radius 3 is 2.43 bits per heavy atom. The van der Waals surface area contributed by atoms with Gasteiger partial charge in [-0.15, -0.1) is 0 Å². The topological polar surface area (TPSA) is 175 Å². The summed E-state index contributed by atoms with van der Waals surface area (Å²) >= 11 is 0. The first-order valence-corrected chi connectivity index (χ1v) is 17.2. The highest BCUT2D eigenvalue weighted by Crippen LogP contribution is 2.68. The minimum Gasteiger partial charge on any atom is -0.458 e. The molecule has 16 atom stereocenters. The molecule has 11 heteroatoms. The van der Waals surface area contributed by atoms with E-state index in [-0.39, 0.29) is 48.0 Å². The van der Waals surface area contributed by atoms with Crippen molar-refractivity contribution in [3.8, 4) is 0 Å². The van der Waals surface area contributed by atoms with Gasteiger partial charge in [0, 0.05) is 30.9 Å². The molecule has 0 spiro atoms. The van der Waals surface area contributed by atoms with E-state index in [1.54, 1.807) is 14.0 Å². The summed E-state index contributed by atoms with van der Waals surface area (Å²) in [5.41, 5.74) is 1.88. The highest BCUT2D eigenvalue weighted by molar-refractivity contribution is 5.89. The van der Waals surface area contributed by atoms with Crippen molar-refractivity contribution in [3.05, 3.63) is 22.8 Å². The van der Waals surface area contributed by atoms with Gasteiger partial charge in [-0.05, 0) is 79.6 Å². The number of cyclic esters (lactones) is 1. The molecule has 0 unspecified atom stereocenters. The van der Waals surface area contributed by atoms with Crippen molar-refractivity contribution in [2.45, 2.75) is 128 Å². The summed E-state index contributed by atoms with van der Waals surface area (Å²) in [6.45, 7) is 7.83. The lowest BCUT2D eigenvalue weighted by Gasteiger charge is -2.61. The minimum absolute atomic E-state index is 0.00936. The van der Waals surface area contributed by atoms with Gasteiger partial charge in [-0.3, -0.25) is 0 Å². The predicted molar refractivity (Wildman–Crippen MR) is 165 cm³/mol. The molecule has 3 saturated carbocycles. The molecule has 6 rings (SSSR count). The predicted octanol–water partition coefficient (Wildman–Crippen LogP) is 1.61. The minimum atomic E-state index is -1.53. The number of aliphatic hydroxyl groups is 6. The number of aliphatic hydroxyl groups excluding tert-OH is 6. The van der Waals surface area contributed by atoms with Crippen LogP contribution in [0.15, 0.2) is 22.8 Å². The number of rotatable bonds is 7. The first-order valence-electron chi connectivity index (χ1n) is 17.2. The molecular weight excluding hydrogens is 596 g/mol. The van der Waals surface area contributed by atoms with Crippen molar-refractivity contribution in [2.24, 2.45) is 40.4 Å². The van der Waals surface area contributed by atoms with E-state index in [1.807, 2.05) is 0 Å². The molecule has 0 radical (unpaired) electrons. The second-order valence-electron chi connectivity index (χ2n) is 15.5. The number of ether oxygens (including phenoxy) is 4. The smallest absolute Gasteiger partial charge is 0.334 e. The Balaban J connectivity index is 1.22. The molecule has 2 aliphatic heterocycles. The first kappa shape index (κ1) is 34.5. The summed E-state index contributed by atoms with van der Waals surface area (Å²) in [6.07, 6.45) is -0.893. The van der Waals surface area contributed by atoms with Gasteiger partial charge in [0.15, 0.2) is 6.29 Å². The summed E-state index contributed by atoms with van der Waals surface area (Å²) in [6, 6.07) is 0. The third-order valence-electron chi connectivity index (χ3n) is 13.6. The van der Waals surface area contributed by atoms with E-state index in [2.05, 4.69) is 26.8 Å². The molecule has 0 aromatic heterocycles. The molecule has 4 aliphatic carbocycles. The average molecular weight is 651 g/mol. The lowest BCUT2D eigenvalue weighted by Crippen LogP contribution is -2.61. The number of esters is 1. The van der Waals surface area contributed by atoms with E-state index in [0.29, 0.717) is 36.7 Å². The second-order valence-corrected chi connectivity index (χ2v) is 15.5. The van der Waals surface area contributed by atoms with Crippen LogP contribution in [0.25, 0.3) is 0 Å². The van der Waals surface area contributed by atoms with Crippen LogP contribution in [0.1, 0.15) is 72.6 Å². The molecule has 6 N–H and O–H groups in total. The molecule has 0 amide bonds. The lowest BCUT2D eigenvalue weighted by molar-refractivity contribution is -0.315. The third-order valence-corrected chi connectivity index (χ3v) is 13.6. The average Bonchev–Trinajstić information content (AvgIpc) is 3.39. The van der Waals surface area contributed by atoms with Crippen molar-refractivity contribution in [1.82, 2.24) is 0 Å². The maximum atomic E-state index is 12.6. The normalized spacial score (nSPS) is 49.8. The Hall–Kier alpha value is -1.41. The SMILES string of the molecule is CO[C@H]1C=C2C[C@@H](O[C@@H]3O[C@H](CO)[C@@H](O)[C@H](O)[C@H]3O)C[C@H](O)[C@]2(C)[C@H]2CC[C@]3(C)[C@@H]([C@H](C)[C@H]4CC(CO)=C(C)C(=O)O4)CC[C@H]3[C@H]12. The van der Waals surface area contributed by atoms with Gasteiger partial charge in [0.25, 0.3) is 0 Å². The summed E-state index contributed by atoms with van der Waals surface area (Å²) < 4.78 is 23.9. The molecule has 4 fully saturated rings. The third kappa shape index (κ3) is 5.33. The monoisotopic (exact) mass is 650 g/mol. The number of hydrogen-bond acceptors (Lipinski definition) is 11. The van der Waals surface area contributed by atoms with Gasteiger partial charge in [0.2, 0.25) is 0 Å². The summed E-state index contributed by atoms with van der Waals surface area (Å²) in [7, 11) is 1.75. The van der Waals surface area contributed by atoms with E-state index >= 15 is 0 Å². The maximum absolute atomic E-state index is 12.6. The van der Waals surface area contributed by atoms with Crippen LogP contribution in [0.4, 0.5) is 0 Å². The van der Waals surface area contributed by atoms with Gasteiger partial charge in [0.1, 0.15) is 30.5 Å². The number of fused-ring (bicyclic) bond motifs is 5. The lowest BCUT2D eigenvalue weighted by atomic mass is 9.45. The Morgan fingerprint density at radius 1 is 1.02 bits per heavy atom. The quantitative estimate of drug-likeness (QED) is 0.174. The van der Waals surface area contributed by atoms with Crippen molar-refractivity contribution in [3.63, 3.8) is 0 Å². The standard InChI is InChI=1S/C35H54O11/c1-16-18(14-36)10-24(45-32(16)42)17(2)21-6-7-22-28-23(8-9-34(21,22)3)35(4)19(12-25(28)43-5)11-20(13-27(35)38)44-33-31(41)30(40)29(39)26(15-37)46-33/h12,17,20-31,33,36-41H,6-11,13-15H2,1-5H3/t17-,20+,21+,22-,23-,24+,25-,26+,27-,28-,29+,30-,31+,33+,34+,35-/m0/s1. The zero-order valence-electron chi connectivity index (χ0n) is 27.7. The molecular formula is C35H54O11. The van der Waals surface area contributed by atoms with E-state index in [0.717, 1.165) is 36.8 Å². The van der Waals surface area contributed by atoms with Crippen LogP contribution in [-0.2, 0) is 23.7 Å². The number of methoxy groups -OCH3 is 1. The van der Waals surface area contributed by atoms with Crippen LogP contribution >= 0.6 is 0 Å². The van der Waals surface area contributed by atoms with Gasteiger partial charge >= 0.3 is 5.97 Å². The molecule has 0 aromatic rings. The van der Waals surface area contributed by atoms with Gasteiger partial charge in [0.05, 0.1) is 31.5 Å². The van der Waals surface area contributed by atoms with Gasteiger partial charge in [-0.1, -0.05) is 32.4 Å². The number of hydrogen-bond donors (Lipinski definition) is 6. The van der Waals surface area contributed by atoms with Gasteiger partial charge < -0.3 is 49.6 Å². The molecule has 0 bridgehead atoms. The van der Waals surface area contributed by atoms with Crippen LogP contribution in [0.3, 0.4) is 0 Å². The van der Waals surface area contributed by atoms with Crippen molar-refractivity contribution in [2.75, 3.05) is 20.3 Å². The summed E-state index contributed by atoms with van der Waals surface area (Å²) in [5, 5.41) is 62.4. The maximum Gasteiger partial charge on any atom is 0.334 e. The van der Waals surface area contributed by atoms with E-state index < -0.39 is 54.9 Å². The van der Waals surface area contributed by atoms with Gasteiger partial charge in [-0.2, -0.15) is 0 Å². The van der Waals surface area contributed by atoms with Crippen LogP contribution in [0, 0.1) is 40.4 Å². The second kappa shape index (κ2) is 12.8. The Morgan fingerprint density at radius 2 is 1.76 bits per heavy atom. The Bertz CT molecular complexity index is 1220. The number of carbonyl (C=O) groups excluding carboxylic acids is 1. The van der Waals surface area contributed by atoms with Crippen LogP contribution in [0.2, 0.25) is 0 Å². The summed E-state index contributed by atoms with van der Waals surface area (Å²) in [4.78, 5) is 12.6. The van der Waals surface area contributed by atoms with Gasteiger partial charge in [-0.25, -0.2) is 4.79 Å². The zero-order valence-corrected chi connectivity index (χ0v) is 27.7. The fraction of sp³-hybridized carbons (Fsp3) is 0.857. The molecule has 1 saturated heterocycles. The van der Waals surface area contributed by atoms with E-state index in [9.17, 15) is 35.4 Å². The zero-order chi connectivity index (χ0) is 33.3. The molecule has 260 valence electrons. The van der Waals surface area contributed by atoms with Crippen LogP contribution < -0.4 is 0 Å². The van der Waals surface area contributed by atoms with E-state index in [1.165, 1.54) is 0 Å².